The van der Waals surface area contributed by atoms with Crippen LogP contribution in [0, 0.1) is 5.92 Å². The third-order valence-electron chi connectivity index (χ3n) is 2.15. The van der Waals surface area contributed by atoms with Crippen LogP contribution in [0.25, 0.3) is 0 Å². The summed E-state index contributed by atoms with van der Waals surface area (Å²) in [5.74, 6) is 0.993. The normalized spacial score (nSPS) is 29.2. The highest BCUT2D eigenvalue weighted by atomic mass is 19.1. The maximum atomic E-state index is 12.9. The second-order valence-corrected chi connectivity index (χ2v) is 3.20. The van der Waals surface area contributed by atoms with E-state index in [2.05, 4.69) is 0 Å². The van der Waals surface area contributed by atoms with Gasteiger partial charge in [-0.2, -0.15) is 0 Å². The second-order valence-electron chi connectivity index (χ2n) is 3.20. The molecule has 0 saturated carbocycles. The molecule has 3 heteroatoms. The molecule has 0 bridgehead atoms. The monoisotopic (exact) mass is 170 g/mol. The average Bonchev–Trinajstić information content (AvgIpc) is 2.04. The summed E-state index contributed by atoms with van der Waals surface area (Å²) in [5, 5.41) is 0. The van der Waals surface area contributed by atoms with Gasteiger partial charge in [0.05, 0.1) is 6.61 Å². The van der Waals surface area contributed by atoms with Crippen LogP contribution in [-0.4, -0.2) is 13.4 Å². The third kappa shape index (κ3) is 1.25. The SMILES string of the molecule is CC1CC(F)=CC2=C1OCOC2. The molecule has 2 rings (SSSR count). The van der Waals surface area contributed by atoms with E-state index in [0.717, 1.165) is 11.3 Å². The summed E-state index contributed by atoms with van der Waals surface area (Å²) < 4.78 is 23.3. The molecule has 66 valence electrons. The van der Waals surface area contributed by atoms with Crippen molar-refractivity contribution in [3.05, 3.63) is 23.2 Å². The minimum Gasteiger partial charge on any atom is -0.471 e. The lowest BCUT2D eigenvalue weighted by molar-refractivity contribution is -0.0451. The Labute approximate surface area is 70.7 Å². The van der Waals surface area contributed by atoms with E-state index in [4.69, 9.17) is 9.47 Å². The zero-order chi connectivity index (χ0) is 8.55. The first-order chi connectivity index (χ1) is 5.77. The van der Waals surface area contributed by atoms with E-state index in [1.807, 2.05) is 6.92 Å². The largest absolute Gasteiger partial charge is 0.471 e. The minimum absolute atomic E-state index is 0.0737. The number of hydrogen-bond donors (Lipinski definition) is 0. The molecule has 1 heterocycles. The Balaban J connectivity index is 2.31. The Morgan fingerprint density at radius 3 is 3.25 bits per heavy atom. The van der Waals surface area contributed by atoms with Gasteiger partial charge < -0.3 is 9.47 Å². The van der Waals surface area contributed by atoms with Crippen molar-refractivity contribution in [2.45, 2.75) is 13.3 Å². The highest BCUT2D eigenvalue weighted by Crippen LogP contribution is 2.32. The third-order valence-corrected chi connectivity index (χ3v) is 2.15. The molecule has 0 aromatic rings. The average molecular weight is 170 g/mol. The van der Waals surface area contributed by atoms with Crippen LogP contribution in [0.5, 0.6) is 0 Å². The van der Waals surface area contributed by atoms with Gasteiger partial charge in [-0.1, -0.05) is 6.92 Å². The summed E-state index contributed by atoms with van der Waals surface area (Å²) in [7, 11) is 0. The van der Waals surface area contributed by atoms with Crippen molar-refractivity contribution in [1.29, 1.82) is 0 Å². The lowest BCUT2D eigenvalue weighted by Crippen LogP contribution is -2.20. The van der Waals surface area contributed by atoms with Crippen LogP contribution in [0.4, 0.5) is 4.39 Å². The number of halogens is 1. The number of rotatable bonds is 0. The highest BCUT2D eigenvalue weighted by molar-refractivity contribution is 5.31. The lowest BCUT2D eigenvalue weighted by atomic mass is 9.94. The molecule has 2 aliphatic rings. The minimum atomic E-state index is -0.0737. The molecule has 1 aliphatic carbocycles. The highest BCUT2D eigenvalue weighted by Gasteiger charge is 2.24. The van der Waals surface area contributed by atoms with Gasteiger partial charge in [0.1, 0.15) is 11.6 Å². The Morgan fingerprint density at radius 2 is 2.42 bits per heavy atom. The summed E-state index contributed by atoms with van der Waals surface area (Å²) in [6.07, 6.45) is 1.98. The Kier molecular flexibility index (Phi) is 1.89. The summed E-state index contributed by atoms with van der Waals surface area (Å²) in [4.78, 5) is 0. The van der Waals surface area contributed by atoms with E-state index in [1.54, 1.807) is 0 Å². The maximum absolute atomic E-state index is 12.9. The standard InChI is InChI=1S/C9H11FO2/c1-6-2-8(10)3-7-4-11-5-12-9(6)7/h3,6H,2,4-5H2,1H3. The van der Waals surface area contributed by atoms with Gasteiger partial charge in [0.2, 0.25) is 0 Å². The molecule has 0 radical (unpaired) electrons. The van der Waals surface area contributed by atoms with Gasteiger partial charge in [-0.05, 0) is 6.08 Å². The Morgan fingerprint density at radius 1 is 1.58 bits per heavy atom. The molecule has 1 unspecified atom stereocenters. The van der Waals surface area contributed by atoms with Gasteiger partial charge >= 0.3 is 0 Å². The molecule has 1 atom stereocenters. The van der Waals surface area contributed by atoms with E-state index in [1.165, 1.54) is 6.08 Å². The van der Waals surface area contributed by atoms with Gasteiger partial charge in [0.25, 0.3) is 0 Å². The van der Waals surface area contributed by atoms with Gasteiger partial charge in [-0.15, -0.1) is 0 Å². The zero-order valence-corrected chi connectivity index (χ0v) is 6.97. The van der Waals surface area contributed by atoms with Gasteiger partial charge in [0.15, 0.2) is 6.79 Å². The van der Waals surface area contributed by atoms with E-state index in [9.17, 15) is 4.39 Å². The quantitative estimate of drug-likeness (QED) is 0.554. The topological polar surface area (TPSA) is 18.5 Å². The molecule has 0 amide bonds. The van der Waals surface area contributed by atoms with E-state index in [-0.39, 0.29) is 11.7 Å². The van der Waals surface area contributed by atoms with Crippen molar-refractivity contribution in [3.63, 3.8) is 0 Å². The summed E-state index contributed by atoms with van der Waals surface area (Å²) >= 11 is 0. The Hall–Kier alpha value is -0.830. The van der Waals surface area contributed by atoms with Crippen LogP contribution in [-0.2, 0) is 9.47 Å². The van der Waals surface area contributed by atoms with Crippen LogP contribution in [0.3, 0.4) is 0 Å². The maximum Gasteiger partial charge on any atom is 0.188 e. The molecule has 12 heavy (non-hydrogen) atoms. The van der Waals surface area contributed by atoms with E-state index >= 15 is 0 Å². The Bertz CT molecular complexity index is 255. The van der Waals surface area contributed by atoms with E-state index in [0.29, 0.717) is 19.8 Å². The predicted molar refractivity (Wildman–Crippen MR) is 41.9 cm³/mol. The predicted octanol–water partition coefficient (Wildman–Crippen LogP) is 2.14. The zero-order valence-electron chi connectivity index (χ0n) is 6.97. The van der Waals surface area contributed by atoms with Gasteiger partial charge in [0, 0.05) is 17.9 Å². The van der Waals surface area contributed by atoms with Crippen molar-refractivity contribution in [2.24, 2.45) is 5.92 Å². The van der Waals surface area contributed by atoms with Crippen LogP contribution in [0.2, 0.25) is 0 Å². The van der Waals surface area contributed by atoms with Crippen molar-refractivity contribution in [3.8, 4) is 0 Å². The van der Waals surface area contributed by atoms with Crippen LogP contribution in [0.1, 0.15) is 13.3 Å². The molecule has 0 aromatic heterocycles. The second kappa shape index (κ2) is 2.90. The number of hydrogen-bond acceptors (Lipinski definition) is 2. The molecule has 2 nitrogen and oxygen atoms in total. The molecule has 0 spiro atoms. The van der Waals surface area contributed by atoms with Crippen LogP contribution in [0.15, 0.2) is 23.2 Å². The van der Waals surface area contributed by atoms with Crippen LogP contribution >= 0.6 is 0 Å². The fourth-order valence-electron chi connectivity index (χ4n) is 1.63. The summed E-state index contributed by atoms with van der Waals surface area (Å²) in [6, 6.07) is 0. The van der Waals surface area contributed by atoms with E-state index < -0.39 is 0 Å². The first-order valence-corrected chi connectivity index (χ1v) is 4.07. The first kappa shape index (κ1) is 7.80. The fourth-order valence-corrected chi connectivity index (χ4v) is 1.63. The molecule has 0 aromatic carbocycles. The van der Waals surface area contributed by atoms with Crippen molar-refractivity contribution in [1.82, 2.24) is 0 Å². The molecule has 0 saturated heterocycles. The summed E-state index contributed by atoms with van der Waals surface area (Å²) in [5.41, 5.74) is 0.859. The molecule has 0 N–H and O–H groups in total. The molecule has 1 aliphatic heterocycles. The van der Waals surface area contributed by atoms with Gasteiger partial charge in [-0.3, -0.25) is 0 Å². The van der Waals surface area contributed by atoms with Crippen LogP contribution < -0.4 is 0 Å². The van der Waals surface area contributed by atoms with Crippen molar-refractivity contribution < 1.29 is 13.9 Å². The molecule has 0 fully saturated rings. The smallest absolute Gasteiger partial charge is 0.188 e. The molecular formula is C9H11FO2. The van der Waals surface area contributed by atoms with Crippen molar-refractivity contribution in [2.75, 3.05) is 13.4 Å². The number of ether oxygens (including phenoxy) is 2. The number of allylic oxidation sites excluding steroid dienone is 2. The molecular weight excluding hydrogens is 159 g/mol. The fraction of sp³-hybridized carbons (Fsp3) is 0.556. The van der Waals surface area contributed by atoms with Crippen molar-refractivity contribution >= 4 is 0 Å². The van der Waals surface area contributed by atoms with Gasteiger partial charge in [-0.25, -0.2) is 4.39 Å². The lowest BCUT2D eigenvalue weighted by Gasteiger charge is -2.27. The first-order valence-electron chi connectivity index (χ1n) is 4.07. The summed E-state index contributed by atoms with van der Waals surface area (Å²) in [6.45, 7) is 2.75.